The van der Waals surface area contributed by atoms with E-state index in [-0.39, 0.29) is 24.0 Å². The summed E-state index contributed by atoms with van der Waals surface area (Å²) >= 11 is 0. The number of rotatable bonds is 5. The molecule has 1 aliphatic heterocycles. The zero-order valence-corrected chi connectivity index (χ0v) is 17.8. The van der Waals surface area contributed by atoms with Crippen LogP contribution in [0.25, 0.3) is 0 Å². The number of nitrogens with one attached hydrogen (secondary N) is 1. The highest BCUT2D eigenvalue weighted by Gasteiger charge is 2.20. The van der Waals surface area contributed by atoms with E-state index >= 15 is 0 Å². The zero-order chi connectivity index (χ0) is 17.5. The number of halogens is 1. The summed E-state index contributed by atoms with van der Waals surface area (Å²) in [6.45, 7) is 7.60. The van der Waals surface area contributed by atoms with E-state index in [9.17, 15) is 0 Å². The summed E-state index contributed by atoms with van der Waals surface area (Å²) in [5.74, 6) is 2.06. The van der Waals surface area contributed by atoms with Crippen molar-refractivity contribution in [3.8, 4) is 0 Å². The van der Waals surface area contributed by atoms with Gasteiger partial charge in [0.15, 0.2) is 5.96 Å². The first-order chi connectivity index (χ1) is 12.3. The predicted octanol–water partition coefficient (Wildman–Crippen LogP) is 1.76. The Morgan fingerprint density at radius 2 is 2.04 bits per heavy atom. The molecule has 26 heavy (non-hydrogen) atoms. The van der Waals surface area contributed by atoms with Crippen molar-refractivity contribution in [2.45, 2.75) is 13.3 Å². The van der Waals surface area contributed by atoms with Crippen molar-refractivity contribution in [3.05, 3.63) is 42.4 Å². The lowest BCUT2D eigenvalue weighted by molar-refractivity contribution is 0.371. The van der Waals surface area contributed by atoms with Crippen molar-refractivity contribution in [2.24, 2.45) is 12.0 Å². The Labute approximate surface area is 172 Å². The first-order valence-electron chi connectivity index (χ1n) is 8.93. The second-order valence-electron chi connectivity index (χ2n) is 6.17. The standard InChI is InChI=1S/C18H27N7.HI/c1-3-19-18(21-9-7-16-14-22-23(2)15-16)25-12-10-24(11-13-25)17-6-4-5-8-20-17;/h4-6,8,14-15H,3,7,9-13H2,1-2H3,(H,19,21);1H. The van der Waals surface area contributed by atoms with Crippen LogP contribution in [0.5, 0.6) is 0 Å². The van der Waals surface area contributed by atoms with Gasteiger partial charge in [-0.1, -0.05) is 6.07 Å². The van der Waals surface area contributed by atoms with E-state index in [0.717, 1.165) is 57.5 Å². The summed E-state index contributed by atoms with van der Waals surface area (Å²) < 4.78 is 1.83. The van der Waals surface area contributed by atoms with Gasteiger partial charge in [0, 0.05) is 58.7 Å². The summed E-state index contributed by atoms with van der Waals surface area (Å²) in [5, 5.41) is 7.63. The number of hydrogen-bond acceptors (Lipinski definition) is 4. The molecule has 3 rings (SSSR count). The minimum atomic E-state index is 0. The largest absolute Gasteiger partial charge is 0.357 e. The maximum absolute atomic E-state index is 4.80. The molecule has 0 amide bonds. The number of hydrogen-bond donors (Lipinski definition) is 1. The number of pyridine rings is 1. The highest BCUT2D eigenvalue weighted by molar-refractivity contribution is 14.0. The van der Waals surface area contributed by atoms with E-state index in [0.29, 0.717) is 0 Å². The van der Waals surface area contributed by atoms with Gasteiger partial charge in [-0.3, -0.25) is 9.67 Å². The number of aromatic nitrogens is 3. The molecule has 0 radical (unpaired) electrons. The van der Waals surface area contributed by atoms with Crippen LogP contribution in [0.3, 0.4) is 0 Å². The normalized spacial score (nSPS) is 14.9. The van der Waals surface area contributed by atoms with Gasteiger partial charge in [-0.05, 0) is 31.0 Å². The predicted molar refractivity (Wildman–Crippen MR) is 116 cm³/mol. The summed E-state index contributed by atoms with van der Waals surface area (Å²) in [4.78, 5) is 13.9. The van der Waals surface area contributed by atoms with Crippen LogP contribution in [0.15, 0.2) is 41.8 Å². The lowest BCUT2D eigenvalue weighted by Crippen LogP contribution is -2.52. The van der Waals surface area contributed by atoms with Crippen LogP contribution in [0.1, 0.15) is 12.5 Å². The lowest BCUT2D eigenvalue weighted by atomic mass is 10.2. The van der Waals surface area contributed by atoms with Crippen LogP contribution < -0.4 is 10.2 Å². The quantitative estimate of drug-likeness (QED) is 0.411. The Balaban J connectivity index is 0.00000243. The number of nitrogens with zero attached hydrogens (tertiary/aromatic N) is 6. The lowest BCUT2D eigenvalue weighted by Gasteiger charge is -2.37. The minimum Gasteiger partial charge on any atom is -0.357 e. The Morgan fingerprint density at radius 1 is 1.23 bits per heavy atom. The highest BCUT2D eigenvalue weighted by Crippen LogP contribution is 2.12. The van der Waals surface area contributed by atoms with Gasteiger partial charge >= 0.3 is 0 Å². The summed E-state index contributed by atoms with van der Waals surface area (Å²) in [6, 6.07) is 6.07. The third-order valence-corrected chi connectivity index (χ3v) is 4.31. The SMILES string of the molecule is CCNC(=NCCc1cnn(C)c1)N1CCN(c2ccccn2)CC1.I. The van der Waals surface area contributed by atoms with Crippen molar-refractivity contribution in [1.82, 2.24) is 25.0 Å². The van der Waals surface area contributed by atoms with Crippen LogP contribution in [0.4, 0.5) is 5.82 Å². The van der Waals surface area contributed by atoms with Crippen LogP contribution in [-0.4, -0.2) is 64.9 Å². The summed E-state index contributed by atoms with van der Waals surface area (Å²) in [5.41, 5.74) is 1.22. The Hall–Kier alpha value is -1.84. The topological polar surface area (TPSA) is 61.6 Å². The van der Waals surface area contributed by atoms with E-state index in [1.54, 1.807) is 0 Å². The Morgan fingerprint density at radius 3 is 2.65 bits per heavy atom. The molecule has 1 aliphatic rings. The van der Waals surface area contributed by atoms with Gasteiger partial charge in [-0.15, -0.1) is 24.0 Å². The molecule has 7 nitrogen and oxygen atoms in total. The average Bonchev–Trinajstić information content (AvgIpc) is 3.07. The monoisotopic (exact) mass is 469 g/mol. The van der Waals surface area contributed by atoms with Gasteiger partial charge in [0.1, 0.15) is 5.82 Å². The van der Waals surface area contributed by atoms with E-state index in [1.807, 2.05) is 42.5 Å². The molecule has 1 saturated heterocycles. The smallest absolute Gasteiger partial charge is 0.194 e. The average molecular weight is 469 g/mol. The van der Waals surface area contributed by atoms with Gasteiger partial charge in [0.2, 0.25) is 0 Å². The van der Waals surface area contributed by atoms with Gasteiger partial charge < -0.3 is 15.1 Å². The molecule has 0 spiro atoms. The molecule has 1 N–H and O–H groups in total. The fourth-order valence-corrected chi connectivity index (χ4v) is 3.01. The van der Waals surface area contributed by atoms with Crippen molar-refractivity contribution in [2.75, 3.05) is 44.2 Å². The first-order valence-corrected chi connectivity index (χ1v) is 8.93. The summed E-state index contributed by atoms with van der Waals surface area (Å²) in [6.07, 6.45) is 6.73. The second-order valence-corrected chi connectivity index (χ2v) is 6.17. The fourth-order valence-electron chi connectivity index (χ4n) is 3.01. The molecule has 1 fully saturated rings. The maximum atomic E-state index is 4.80. The Bertz CT molecular complexity index is 678. The molecule has 0 saturated carbocycles. The number of guanidine groups is 1. The molecule has 2 aromatic rings. The van der Waals surface area contributed by atoms with Gasteiger partial charge in [0.25, 0.3) is 0 Å². The van der Waals surface area contributed by atoms with E-state index in [4.69, 9.17) is 4.99 Å². The second kappa shape index (κ2) is 10.3. The highest BCUT2D eigenvalue weighted by atomic mass is 127. The van der Waals surface area contributed by atoms with E-state index in [1.165, 1.54) is 5.56 Å². The summed E-state index contributed by atoms with van der Waals surface area (Å²) in [7, 11) is 1.94. The van der Waals surface area contributed by atoms with Crippen molar-refractivity contribution in [3.63, 3.8) is 0 Å². The third kappa shape index (κ3) is 5.58. The minimum absolute atomic E-state index is 0. The van der Waals surface area contributed by atoms with Crippen LogP contribution in [0, 0.1) is 0 Å². The molecule has 0 aromatic carbocycles. The van der Waals surface area contributed by atoms with E-state index < -0.39 is 0 Å². The number of aryl methyl sites for hydroxylation is 1. The third-order valence-electron chi connectivity index (χ3n) is 4.31. The first kappa shape index (κ1) is 20.5. The molecule has 0 unspecified atom stereocenters. The molecule has 3 heterocycles. The van der Waals surface area contributed by atoms with E-state index in [2.05, 4.69) is 38.2 Å². The molecule has 2 aromatic heterocycles. The fraction of sp³-hybridized carbons (Fsp3) is 0.500. The molecular formula is C18H28IN7. The van der Waals surface area contributed by atoms with Gasteiger partial charge in [-0.25, -0.2) is 4.98 Å². The molecule has 0 bridgehead atoms. The Kier molecular flexibility index (Phi) is 8.14. The van der Waals surface area contributed by atoms with Crippen LogP contribution in [0.2, 0.25) is 0 Å². The molecule has 142 valence electrons. The number of piperazine rings is 1. The maximum Gasteiger partial charge on any atom is 0.194 e. The molecular weight excluding hydrogens is 441 g/mol. The van der Waals surface area contributed by atoms with Gasteiger partial charge in [0.05, 0.1) is 6.20 Å². The molecule has 8 heteroatoms. The number of aliphatic imine (C=N–C) groups is 1. The van der Waals surface area contributed by atoms with Crippen molar-refractivity contribution < 1.29 is 0 Å². The van der Waals surface area contributed by atoms with Crippen molar-refractivity contribution in [1.29, 1.82) is 0 Å². The van der Waals surface area contributed by atoms with Gasteiger partial charge in [-0.2, -0.15) is 5.10 Å². The van der Waals surface area contributed by atoms with Crippen LogP contribution in [-0.2, 0) is 13.5 Å². The molecule has 0 atom stereocenters. The van der Waals surface area contributed by atoms with Crippen LogP contribution >= 0.6 is 24.0 Å². The number of anilines is 1. The molecule has 0 aliphatic carbocycles. The zero-order valence-electron chi connectivity index (χ0n) is 15.5. The van der Waals surface area contributed by atoms with Crippen molar-refractivity contribution >= 4 is 35.8 Å².